The van der Waals surface area contributed by atoms with E-state index in [1.807, 2.05) is 23.6 Å². The van der Waals surface area contributed by atoms with Gasteiger partial charge >= 0.3 is 12.1 Å². The van der Waals surface area contributed by atoms with Gasteiger partial charge in [-0.05, 0) is 23.8 Å². The molecule has 1 fully saturated rings. The molecule has 37 heavy (non-hydrogen) atoms. The third kappa shape index (κ3) is 5.62. The molecule has 1 amide bonds. The molecular formula is C24H22F3N3O6S. The van der Waals surface area contributed by atoms with E-state index < -0.39 is 12.1 Å². The second kappa shape index (κ2) is 10.6. The number of anilines is 2. The van der Waals surface area contributed by atoms with Crippen molar-refractivity contribution in [2.75, 3.05) is 49.1 Å². The third-order valence-corrected chi connectivity index (χ3v) is 6.65. The van der Waals surface area contributed by atoms with Crippen LogP contribution in [0.15, 0.2) is 51.5 Å². The molecule has 2 aromatic heterocycles. The van der Waals surface area contributed by atoms with E-state index in [-0.39, 0.29) is 11.3 Å². The summed E-state index contributed by atoms with van der Waals surface area (Å²) in [4.78, 5) is 37.7. The van der Waals surface area contributed by atoms with E-state index in [4.69, 9.17) is 19.1 Å². The third-order valence-electron chi connectivity index (χ3n) is 5.68. The summed E-state index contributed by atoms with van der Waals surface area (Å²) in [5, 5.41) is 12.4. The van der Waals surface area contributed by atoms with Crippen molar-refractivity contribution in [3.63, 3.8) is 0 Å². The summed E-state index contributed by atoms with van der Waals surface area (Å²) in [7, 11) is 0. The van der Waals surface area contributed by atoms with Crippen LogP contribution in [0.1, 0.15) is 0 Å². The van der Waals surface area contributed by atoms with E-state index in [2.05, 4.69) is 16.8 Å². The normalized spacial score (nSPS) is 15.3. The van der Waals surface area contributed by atoms with E-state index in [1.165, 1.54) is 17.4 Å². The Labute approximate surface area is 212 Å². The lowest BCUT2D eigenvalue weighted by Gasteiger charge is -2.29. The highest BCUT2D eigenvalue weighted by Crippen LogP contribution is 2.40. The lowest BCUT2D eigenvalue weighted by molar-refractivity contribution is -0.192. The van der Waals surface area contributed by atoms with Crippen LogP contribution in [0.3, 0.4) is 0 Å². The highest BCUT2D eigenvalue weighted by atomic mass is 32.1. The molecular weight excluding hydrogens is 515 g/mol. The predicted octanol–water partition coefficient (Wildman–Crippen LogP) is 3.48. The number of alkyl halides is 3. The molecule has 0 radical (unpaired) electrons. The first kappa shape index (κ1) is 26.2. The molecule has 5 rings (SSSR count). The minimum absolute atomic E-state index is 0.0363. The van der Waals surface area contributed by atoms with Crippen LogP contribution in [0, 0.1) is 0 Å². The Morgan fingerprint density at radius 2 is 1.86 bits per heavy atom. The van der Waals surface area contributed by atoms with Gasteiger partial charge in [-0.2, -0.15) is 13.2 Å². The summed E-state index contributed by atoms with van der Waals surface area (Å²) in [6, 6.07) is 7.28. The average molecular weight is 538 g/mol. The lowest BCUT2D eigenvalue weighted by atomic mass is 10.1. The van der Waals surface area contributed by atoms with Gasteiger partial charge in [0.2, 0.25) is 5.43 Å². The van der Waals surface area contributed by atoms with Gasteiger partial charge in [-0.15, -0.1) is 11.3 Å². The minimum Gasteiger partial charge on any atom is -0.490 e. The first-order valence-corrected chi connectivity index (χ1v) is 12.0. The SMILES string of the molecule is C=CC(=O)N1CCOc2ccc(-c3csc4c(=O)cc(N5CCNCC5)oc34)cc21.O=C(O)C(F)(F)F. The van der Waals surface area contributed by atoms with Crippen molar-refractivity contribution in [2.45, 2.75) is 6.18 Å². The largest absolute Gasteiger partial charge is 0.490 e. The molecule has 0 unspecified atom stereocenters. The lowest BCUT2D eigenvalue weighted by Crippen LogP contribution is -2.43. The Morgan fingerprint density at radius 1 is 1.16 bits per heavy atom. The molecule has 1 saturated heterocycles. The second-order valence-electron chi connectivity index (χ2n) is 8.02. The smallest absolute Gasteiger partial charge is 0.490 e. The molecule has 3 aromatic rings. The number of aliphatic carboxylic acids is 1. The van der Waals surface area contributed by atoms with Crippen molar-refractivity contribution < 1.29 is 37.0 Å². The molecule has 0 atom stereocenters. The molecule has 196 valence electrons. The molecule has 1 aromatic carbocycles. The van der Waals surface area contributed by atoms with Crippen LogP contribution in [0.25, 0.3) is 21.4 Å². The molecule has 2 aliphatic heterocycles. The van der Waals surface area contributed by atoms with E-state index >= 15 is 0 Å². The number of carbonyl (C=O) groups is 2. The molecule has 0 aliphatic carbocycles. The number of nitrogens with one attached hydrogen (secondary N) is 1. The minimum atomic E-state index is -5.08. The summed E-state index contributed by atoms with van der Waals surface area (Å²) in [5.41, 5.74) is 2.95. The van der Waals surface area contributed by atoms with Gasteiger partial charge < -0.3 is 29.4 Å². The molecule has 2 N–H and O–H groups in total. The number of piperazine rings is 1. The van der Waals surface area contributed by atoms with Gasteiger partial charge in [0.1, 0.15) is 17.1 Å². The number of ether oxygens (including phenoxy) is 1. The van der Waals surface area contributed by atoms with Gasteiger partial charge in [0.15, 0.2) is 11.5 Å². The number of carboxylic acid groups (broad SMARTS) is 1. The maximum absolute atomic E-state index is 12.7. The Morgan fingerprint density at radius 3 is 2.51 bits per heavy atom. The molecule has 2 aliphatic rings. The number of amides is 1. The molecule has 0 saturated carbocycles. The summed E-state index contributed by atoms with van der Waals surface area (Å²) < 4.78 is 44.3. The molecule has 0 bridgehead atoms. The number of hydrogen-bond donors (Lipinski definition) is 2. The maximum atomic E-state index is 12.7. The van der Waals surface area contributed by atoms with Gasteiger partial charge in [0.05, 0.1) is 12.2 Å². The topological polar surface area (TPSA) is 112 Å². The summed E-state index contributed by atoms with van der Waals surface area (Å²) in [5.74, 6) is -1.67. The number of rotatable bonds is 3. The van der Waals surface area contributed by atoms with Gasteiger partial charge in [0.25, 0.3) is 5.91 Å². The zero-order valence-electron chi connectivity index (χ0n) is 19.3. The van der Waals surface area contributed by atoms with Crippen molar-refractivity contribution in [3.05, 3.63) is 52.5 Å². The molecule has 4 heterocycles. The maximum Gasteiger partial charge on any atom is 0.490 e. The number of fused-ring (bicyclic) bond motifs is 2. The van der Waals surface area contributed by atoms with E-state index in [1.54, 1.807) is 11.0 Å². The zero-order valence-corrected chi connectivity index (χ0v) is 20.2. The standard InChI is InChI=1S/C22H21N3O4S.C2HF3O2/c1-2-19(27)25-9-10-28-18-4-3-14(11-16(18)25)15-13-30-22-17(26)12-20(29-21(15)22)24-7-5-23-6-8-24;3-2(4,5)1(6)7/h2-4,11-13,23H,1,5-10H2;(H,6,7). The Kier molecular flexibility index (Phi) is 7.55. The number of thiophene rings is 1. The van der Waals surface area contributed by atoms with Crippen LogP contribution in [0.5, 0.6) is 5.75 Å². The number of carboxylic acids is 1. The van der Waals surface area contributed by atoms with Crippen LogP contribution in [0.2, 0.25) is 0 Å². The fourth-order valence-electron chi connectivity index (χ4n) is 3.89. The fraction of sp³-hybridized carbons (Fsp3) is 0.292. The van der Waals surface area contributed by atoms with Crippen LogP contribution in [0.4, 0.5) is 24.7 Å². The van der Waals surface area contributed by atoms with Crippen molar-refractivity contribution in [3.8, 4) is 16.9 Å². The number of carbonyl (C=O) groups excluding carboxylic acids is 1. The monoisotopic (exact) mass is 537 g/mol. The van der Waals surface area contributed by atoms with Gasteiger partial charge in [-0.1, -0.05) is 12.6 Å². The number of nitrogens with zero attached hydrogens (tertiary/aromatic N) is 2. The van der Waals surface area contributed by atoms with Crippen LogP contribution in [-0.2, 0) is 9.59 Å². The van der Waals surface area contributed by atoms with Crippen molar-refractivity contribution in [1.29, 1.82) is 0 Å². The number of halogens is 3. The summed E-state index contributed by atoms with van der Waals surface area (Å²) in [6.45, 7) is 7.81. The summed E-state index contributed by atoms with van der Waals surface area (Å²) in [6.07, 6.45) is -3.78. The van der Waals surface area contributed by atoms with Gasteiger partial charge in [-0.25, -0.2) is 4.79 Å². The second-order valence-corrected chi connectivity index (χ2v) is 8.90. The Balaban J connectivity index is 0.000000405. The molecule has 9 nitrogen and oxygen atoms in total. The van der Waals surface area contributed by atoms with E-state index in [0.29, 0.717) is 40.8 Å². The Hall–Kier alpha value is -3.84. The van der Waals surface area contributed by atoms with Gasteiger partial charge in [-0.3, -0.25) is 9.59 Å². The average Bonchev–Trinajstić information content (AvgIpc) is 3.32. The van der Waals surface area contributed by atoms with Gasteiger partial charge in [0, 0.05) is 43.2 Å². The number of hydrogen-bond acceptors (Lipinski definition) is 8. The highest BCUT2D eigenvalue weighted by molar-refractivity contribution is 7.17. The highest BCUT2D eigenvalue weighted by Gasteiger charge is 2.38. The van der Waals surface area contributed by atoms with Crippen molar-refractivity contribution in [1.82, 2.24) is 5.32 Å². The predicted molar refractivity (Wildman–Crippen MR) is 133 cm³/mol. The van der Waals surface area contributed by atoms with Crippen molar-refractivity contribution >= 4 is 45.1 Å². The Bertz CT molecular complexity index is 1390. The van der Waals surface area contributed by atoms with E-state index in [0.717, 1.165) is 37.3 Å². The molecule has 13 heteroatoms. The first-order valence-electron chi connectivity index (χ1n) is 11.1. The first-order chi connectivity index (χ1) is 17.6. The van der Waals surface area contributed by atoms with Crippen LogP contribution >= 0.6 is 11.3 Å². The van der Waals surface area contributed by atoms with Crippen LogP contribution < -0.4 is 25.3 Å². The fourth-order valence-corrected chi connectivity index (χ4v) is 4.81. The zero-order chi connectivity index (χ0) is 26.7. The number of benzene rings is 1. The van der Waals surface area contributed by atoms with Crippen molar-refractivity contribution in [2.24, 2.45) is 0 Å². The molecule has 0 spiro atoms. The quantitative estimate of drug-likeness (QED) is 0.489. The van der Waals surface area contributed by atoms with E-state index in [9.17, 15) is 22.8 Å². The van der Waals surface area contributed by atoms with Crippen LogP contribution in [-0.4, -0.2) is 62.5 Å². The summed E-state index contributed by atoms with van der Waals surface area (Å²) >= 11 is 1.37.